The number of furan rings is 2. The SMILES string of the molecule is c1ccc(-c2ccccc2-c2ccc(N(c3ccc4c(c3)c3ccccc3n4-c3ccccc3)c3cccc4c3oc3ccc5cc(-c6ccc7ccc8c9cc(N(c%10ccc(-c%11ccc%12ccccc%12c%11)cc%10)c%10ccc%11c(c%10)c%10ccccc%10n%11-c%10ccc%11ccccc%11c%10)ccc9oc8c7c6)ccc5c34)cc2)cc1. The number of benzene rings is 19. The molecular formula is C106H66N4O2. The number of anilines is 6. The third-order valence-corrected chi connectivity index (χ3v) is 23.2. The highest BCUT2D eigenvalue weighted by atomic mass is 16.3. The van der Waals surface area contributed by atoms with Crippen LogP contribution in [0.2, 0.25) is 0 Å². The molecule has 6 nitrogen and oxygen atoms in total. The Kier molecular flexibility index (Phi) is 14.3. The van der Waals surface area contributed by atoms with Gasteiger partial charge < -0.3 is 27.8 Å². The predicted octanol–water partition coefficient (Wildman–Crippen LogP) is 29.9. The maximum Gasteiger partial charge on any atom is 0.159 e. The molecule has 0 aliphatic carbocycles. The molecule has 0 aliphatic rings. The normalized spacial score (nSPS) is 11.9. The van der Waals surface area contributed by atoms with Gasteiger partial charge in [-0.15, -0.1) is 0 Å². The average Bonchev–Trinajstić information content (AvgIpc) is 1.57. The number of fused-ring (bicyclic) bond motifs is 18. The zero-order chi connectivity index (χ0) is 73.5. The van der Waals surface area contributed by atoms with Gasteiger partial charge in [-0.05, 0) is 234 Å². The molecular weight excluding hydrogens is 1360 g/mol. The Balaban J connectivity index is 0.625. The second-order valence-electron chi connectivity index (χ2n) is 29.5. The van der Waals surface area contributed by atoms with Crippen LogP contribution in [0.1, 0.15) is 0 Å². The number of hydrogen-bond donors (Lipinski definition) is 0. The molecule has 0 amide bonds. The second-order valence-corrected chi connectivity index (χ2v) is 29.5. The lowest BCUT2D eigenvalue weighted by Gasteiger charge is -2.26. The highest BCUT2D eigenvalue weighted by molar-refractivity contribution is 6.23. The van der Waals surface area contributed by atoms with E-state index in [1.165, 1.54) is 65.3 Å². The smallest absolute Gasteiger partial charge is 0.159 e. The Hall–Kier alpha value is -15.0. The molecule has 0 saturated carbocycles. The quantitative estimate of drug-likeness (QED) is 0.122. The first-order chi connectivity index (χ1) is 55.5. The van der Waals surface area contributed by atoms with Crippen molar-refractivity contribution >= 4 is 165 Å². The van der Waals surface area contributed by atoms with E-state index in [9.17, 15) is 0 Å². The highest BCUT2D eigenvalue weighted by Crippen LogP contribution is 2.49. The molecule has 23 rings (SSSR count). The molecule has 522 valence electrons. The fourth-order valence-electron chi connectivity index (χ4n) is 17.9. The van der Waals surface area contributed by atoms with Gasteiger partial charge in [-0.3, -0.25) is 0 Å². The summed E-state index contributed by atoms with van der Waals surface area (Å²) in [5, 5.41) is 18.3. The molecule has 0 spiro atoms. The summed E-state index contributed by atoms with van der Waals surface area (Å²) in [7, 11) is 0. The van der Waals surface area contributed by atoms with Crippen molar-refractivity contribution in [3.05, 3.63) is 400 Å². The van der Waals surface area contributed by atoms with Gasteiger partial charge in [0.25, 0.3) is 0 Å². The lowest BCUT2D eigenvalue weighted by atomic mass is 9.94. The first-order valence-corrected chi connectivity index (χ1v) is 38.3. The largest absolute Gasteiger partial charge is 0.455 e. The van der Waals surface area contributed by atoms with Crippen LogP contribution in [0.5, 0.6) is 0 Å². The molecule has 0 atom stereocenters. The molecule has 0 unspecified atom stereocenters. The maximum atomic E-state index is 7.21. The van der Waals surface area contributed by atoms with Crippen molar-refractivity contribution in [2.45, 2.75) is 0 Å². The number of para-hydroxylation sites is 4. The third kappa shape index (κ3) is 10.2. The summed E-state index contributed by atoms with van der Waals surface area (Å²) in [5.74, 6) is 0. The molecule has 0 N–H and O–H groups in total. The molecule has 4 heterocycles. The molecule has 19 aromatic carbocycles. The van der Waals surface area contributed by atoms with Gasteiger partial charge in [0.15, 0.2) is 5.58 Å². The van der Waals surface area contributed by atoms with Gasteiger partial charge in [-0.2, -0.15) is 0 Å². The molecule has 4 aromatic heterocycles. The van der Waals surface area contributed by atoms with Gasteiger partial charge in [0.2, 0.25) is 0 Å². The van der Waals surface area contributed by atoms with E-state index >= 15 is 0 Å². The minimum Gasteiger partial charge on any atom is -0.455 e. The summed E-state index contributed by atoms with van der Waals surface area (Å²) in [6, 6.07) is 146. The van der Waals surface area contributed by atoms with Crippen LogP contribution in [0.15, 0.2) is 409 Å². The van der Waals surface area contributed by atoms with Gasteiger partial charge >= 0.3 is 0 Å². The van der Waals surface area contributed by atoms with Crippen molar-refractivity contribution in [3.8, 4) is 55.9 Å². The molecule has 23 aromatic rings. The fourth-order valence-corrected chi connectivity index (χ4v) is 17.9. The van der Waals surface area contributed by atoms with E-state index < -0.39 is 0 Å². The summed E-state index contributed by atoms with van der Waals surface area (Å²) in [5.41, 5.74) is 25.6. The van der Waals surface area contributed by atoms with E-state index in [0.29, 0.717) is 0 Å². The average molecular weight is 1430 g/mol. The van der Waals surface area contributed by atoms with Gasteiger partial charge in [0.1, 0.15) is 16.7 Å². The van der Waals surface area contributed by atoms with Gasteiger partial charge in [0, 0.05) is 88.3 Å². The van der Waals surface area contributed by atoms with Crippen molar-refractivity contribution in [2.75, 3.05) is 9.80 Å². The Labute approximate surface area is 644 Å². The summed E-state index contributed by atoms with van der Waals surface area (Å²) in [6.07, 6.45) is 0. The Bertz CT molecular complexity index is 7760. The zero-order valence-corrected chi connectivity index (χ0v) is 60.7. The van der Waals surface area contributed by atoms with E-state index in [4.69, 9.17) is 8.83 Å². The predicted molar refractivity (Wildman–Crippen MR) is 471 cm³/mol. The molecule has 0 bridgehead atoms. The molecule has 0 saturated heterocycles. The van der Waals surface area contributed by atoms with Crippen molar-refractivity contribution in [2.24, 2.45) is 0 Å². The van der Waals surface area contributed by atoms with Crippen LogP contribution in [-0.4, -0.2) is 9.13 Å². The highest BCUT2D eigenvalue weighted by Gasteiger charge is 2.26. The summed E-state index contributed by atoms with van der Waals surface area (Å²) < 4.78 is 19.1. The second kappa shape index (κ2) is 25.3. The Morgan fingerprint density at radius 1 is 0.196 bits per heavy atom. The van der Waals surface area contributed by atoms with Crippen LogP contribution in [-0.2, 0) is 0 Å². The maximum absolute atomic E-state index is 7.21. The molecule has 6 heteroatoms. The van der Waals surface area contributed by atoms with Gasteiger partial charge in [-0.25, -0.2) is 0 Å². The van der Waals surface area contributed by atoms with Crippen molar-refractivity contribution in [3.63, 3.8) is 0 Å². The number of rotatable bonds is 12. The minimum atomic E-state index is 0.814. The fraction of sp³-hybridized carbons (Fsp3) is 0. The summed E-state index contributed by atoms with van der Waals surface area (Å²) >= 11 is 0. The van der Waals surface area contributed by atoms with E-state index in [2.05, 4.69) is 419 Å². The van der Waals surface area contributed by atoms with E-state index in [1.807, 2.05) is 0 Å². The van der Waals surface area contributed by atoms with Crippen LogP contribution >= 0.6 is 0 Å². The van der Waals surface area contributed by atoms with Crippen LogP contribution in [0.25, 0.3) is 186 Å². The number of hydrogen-bond acceptors (Lipinski definition) is 4. The lowest BCUT2D eigenvalue weighted by Crippen LogP contribution is -2.10. The zero-order valence-electron chi connectivity index (χ0n) is 60.7. The lowest BCUT2D eigenvalue weighted by molar-refractivity contribution is 0.669. The number of nitrogens with zero attached hydrogens (tertiary/aromatic N) is 4. The molecule has 112 heavy (non-hydrogen) atoms. The van der Waals surface area contributed by atoms with Gasteiger partial charge in [0.05, 0.1) is 27.8 Å². The van der Waals surface area contributed by atoms with Crippen molar-refractivity contribution < 1.29 is 8.83 Å². The molecule has 0 radical (unpaired) electrons. The Morgan fingerprint density at radius 2 is 0.652 bits per heavy atom. The van der Waals surface area contributed by atoms with Crippen LogP contribution in [0, 0.1) is 0 Å². The van der Waals surface area contributed by atoms with E-state index in [-0.39, 0.29) is 0 Å². The first kappa shape index (κ1) is 63.1. The monoisotopic (exact) mass is 1430 g/mol. The standard InChI is InChI=1S/C106H66N4O2/c1-3-20-70(21-4-1)86-26-11-12-27-87(86)71-41-48-81(49-42-71)108(85-52-57-99-95(65-85)89-28-13-15-31-97(89)109(99)79-24-5-2-6-25-79)101-33-17-30-92-104-88-54-44-76(61-78(88)45-58-103(104)112-106(92)101)77-37-35-72-43-55-91-96-66-84(53-59-102(96)111-105(91)93(72)63-77)107(80-46-38-69(39-47-80)75-36-34-67-18-7-9-22-73(67)60-75)83-51-56-100-94(64-83)90-29-14-16-32-98(90)110(100)82-50-40-68-19-8-10-23-74(68)62-82/h1-66H. The Morgan fingerprint density at radius 3 is 1.37 bits per heavy atom. The summed E-state index contributed by atoms with van der Waals surface area (Å²) in [6.45, 7) is 0. The van der Waals surface area contributed by atoms with Crippen LogP contribution in [0.4, 0.5) is 34.1 Å². The molecule has 0 fully saturated rings. The van der Waals surface area contributed by atoms with Crippen molar-refractivity contribution in [1.29, 1.82) is 0 Å². The van der Waals surface area contributed by atoms with Gasteiger partial charge in [-0.1, -0.05) is 249 Å². The van der Waals surface area contributed by atoms with E-state index in [1.54, 1.807) is 0 Å². The van der Waals surface area contributed by atoms with Crippen molar-refractivity contribution in [1.82, 2.24) is 9.13 Å². The number of aromatic nitrogens is 2. The van der Waals surface area contributed by atoms with Crippen LogP contribution in [0.3, 0.4) is 0 Å². The third-order valence-electron chi connectivity index (χ3n) is 23.2. The first-order valence-electron chi connectivity index (χ1n) is 38.3. The van der Waals surface area contributed by atoms with E-state index in [0.717, 1.165) is 155 Å². The summed E-state index contributed by atoms with van der Waals surface area (Å²) in [4.78, 5) is 4.78. The molecule has 0 aliphatic heterocycles. The topological polar surface area (TPSA) is 42.6 Å². The minimum absolute atomic E-state index is 0.814. The van der Waals surface area contributed by atoms with Crippen LogP contribution < -0.4 is 9.80 Å².